The molecule has 13 rings (SSSR count). The second-order valence-corrected chi connectivity index (χ2v) is 15.3. The van der Waals surface area contributed by atoms with E-state index in [4.69, 9.17) is 4.42 Å². The molecule has 9 aromatic rings. The number of rotatable bonds is 1. The van der Waals surface area contributed by atoms with Crippen molar-refractivity contribution in [3.63, 3.8) is 0 Å². The molecule has 1 spiro atoms. The van der Waals surface area contributed by atoms with Crippen LogP contribution in [0.25, 0.3) is 44.2 Å². The highest BCUT2D eigenvalue weighted by Crippen LogP contribution is 2.64. The molecule has 0 fully saturated rings. The highest BCUT2D eigenvalue weighted by Gasteiger charge is 2.55. The van der Waals surface area contributed by atoms with E-state index in [1.54, 1.807) is 0 Å². The predicted molar refractivity (Wildman–Crippen MR) is 223 cm³/mol. The monoisotopic (exact) mass is 686 g/mol. The summed E-state index contributed by atoms with van der Waals surface area (Å²) in [5, 5.41) is 2.29. The molecule has 0 saturated heterocycles. The lowest BCUT2D eigenvalue weighted by molar-refractivity contribution is 0.669. The molecular weight excluding hydrogens is 655 g/mol. The number of nitrogens with zero attached hydrogens (tertiary/aromatic N) is 2. The van der Waals surface area contributed by atoms with Crippen LogP contribution >= 0.6 is 0 Å². The Morgan fingerprint density at radius 3 is 1.98 bits per heavy atom. The van der Waals surface area contributed by atoms with Gasteiger partial charge in [-0.3, -0.25) is 0 Å². The first-order valence-electron chi connectivity index (χ1n) is 18.9. The lowest BCUT2D eigenvalue weighted by Crippen LogP contribution is -2.62. The Morgan fingerprint density at radius 1 is 0.481 bits per heavy atom. The zero-order chi connectivity index (χ0) is 35.3. The predicted octanol–water partition coefficient (Wildman–Crippen LogP) is 11.3. The van der Waals surface area contributed by atoms with E-state index in [-0.39, 0.29) is 6.85 Å². The number of fused-ring (bicyclic) bond motifs is 16. The number of anilines is 5. The molecule has 1 aromatic heterocycles. The van der Waals surface area contributed by atoms with Crippen LogP contribution in [-0.2, 0) is 5.41 Å². The molecule has 250 valence electrons. The van der Waals surface area contributed by atoms with Crippen LogP contribution in [0.3, 0.4) is 0 Å². The Morgan fingerprint density at radius 2 is 1.17 bits per heavy atom. The van der Waals surface area contributed by atoms with Gasteiger partial charge in [0.15, 0.2) is 0 Å². The van der Waals surface area contributed by atoms with E-state index in [1.807, 2.05) is 0 Å². The van der Waals surface area contributed by atoms with Crippen molar-refractivity contribution in [1.82, 2.24) is 0 Å². The second kappa shape index (κ2) is 10.0. The average molecular weight is 687 g/mol. The first kappa shape index (κ1) is 28.8. The molecule has 0 radical (unpaired) electrons. The molecule has 0 saturated carbocycles. The molecule has 0 bridgehead atoms. The van der Waals surface area contributed by atoms with E-state index >= 15 is 0 Å². The van der Waals surface area contributed by atoms with Crippen molar-refractivity contribution in [1.29, 1.82) is 0 Å². The molecule has 4 heterocycles. The van der Waals surface area contributed by atoms with E-state index in [1.165, 1.54) is 78.1 Å². The smallest absolute Gasteiger partial charge is 0.333 e. The van der Waals surface area contributed by atoms with Crippen LogP contribution in [0.5, 0.6) is 0 Å². The molecule has 0 atom stereocenters. The highest BCUT2D eigenvalue weighted by atomic mass is 16.3. The lowest BCUT2D eigenvalue weighted by Gasteiger charge is -2.51. The lowest BCUT2D eigenvalue weighted by atomic mass is 9.42. The highest BCUT2D eigenvalue weighted by molar-refractivity contribution is 6.93. The van der Waals surface area contributed by atoms with E-state index in [2.05, 4.69) is 186 Å². The van der Waals surface area contributed by atoms with Gasteiger partial charge in [0.25, 0.3) is 0 Å². The van der Waals surface area contributed by atoms with Gasteiger partial charge in [-0.1, -0.05) is 127 Å². The molecule has 3 nitrogen and oxygen atoms in total. The van der Waals surface area contributed by atoms with Crippen molar-refractivity contribution in [2.24, 2.45) is 0 Å². The number of aryl methyl sites for hydroxylation is 1. The Hall–Kier alpha value is -6.78. The minimum Gasteiger partial charge on any atom is -0.456 e. The fraction of sp³-hybridized carbons (Fsp3) is 0.0400. The SMILES string of the molecule is Cc1cc2c3c(c1)N1c4ccccc4C4(c5ccccc5-c5ccccc54)c4cccc(c41)B3N(c1ccccc1)c1cc3oc4ccccc4c3cc1-2. The first-order valence-corrected chi connectivity index (χ1v) is 18.9. The first-order chi connectivity index (χ1) is 26.7. The third kappa shape index (κ3) is 3.32. The molecular formula is C50H31BN2O. The third-order valence-corrected chi connectivity index (χ3v) is 12.6. The van der Waals surface area contributed by atoms with Crippen molar-refractivity contribution >= 4 is 68.1 Å². The summed E-state index contributed by atoms with van der Waals surface area (Å²) in [5.74, 6) is 0. The fourth-order valence-corrected chi connectivity index (χ4v) is 10.7. The summed E-state index contributed by atoms with van der Waals surface area (Å²) in [6.07, 6.45) is 0. The van der Waals surface area contributed by atoms with Gasteiger partial charge in [-0.05, 0) is 98.8 Å². The van der Waals surface area contributed by atoms with Gasteiger partial charge in [0.1, 0.15) is 11.2 Å². The standard InChI is InChI=1S/C50H31BN2O/c1-30-26-37-35-28-36-34-18-7-12-25-46(34)54-47(36)29-44(35)53(31-14-3-2-4-15-31)51-42-23-13-22-41-49(42)52(45(27-30)48(37)51)43-24-11-10-21-40(43)50(41)38-19-8-5-16-32(38)33-17-6-9-20-39(33)50/h2-29H,1H3. The summed E-state index contributed by atoms with van der Waals surface area (Å²) in [7, 11) is 0. The van der Waals surface area contributed by atoms with Crippen molar-refractivity contribution in [3.8, 4) is 22.3 Å². The number of benzene rings is 8. The topological polar surface area (TPSA) is 19.6 Å². The van der Waals surface area contributed by atoms with Crippen LogP contribution in [-0.4, -0.2) is 6.85 Å². The third-order valence-electron chi connectivity index (χ3n) is 12.6. The van der Waals surface area contributed by atoms with Gasteiger partial charge in [-0.25, -0.2) is 0 Å². The average Bonchev–Trinajstić information content (AvgIpc) is 3.73. The largest absolute Gasteiger partial charge is 0.456 e. The Kier molecular flexibility index (Phi) is 5.33. The minimum atomic E-state index is -0.472. The molecule has 0 unspecified atom stereocenters. The molecule has 54 heavy (non-hydrogen) atoms. The summed E-state index contributed by atoms with van der Waals surface area (Å²) in [6.45, 7) is 2.18. The van der Waals surface area contributed by atoms with Crippen LogP contribution < -0.4 is 20.6 Å². The molecule has 4 heteroatoms. The molecule has 1 aliphatic carbocycles. The van der Waals surface area contributed by atoms with Gasteiger partial charge in [0, 0.05) is 45.2 Å². The van der Waals surface area contributed by atoms with Gasteiger partial charge in [0.2, 0.25) is 0 Å². The summed E-state index contributed by atoms with van der Waals surface area (Å²) >= 11 is 0. The van der Waals surface area contributed by atoms with Crippen LogP contribution in [0.2, 0.25) is 0 Å². The van der Waals surface area contributed by atoms with Gasteiger partial charge in [0.05, 0.1) is 11.1 Å². The summed E-state index contributed by atoms with van der Waals surface area (Å²) < 4.78 is 6.59. The van der Waals surface area contributed by atoms with Crippen LogP contribution in [0.1, 0.15) is 27.8 Å². The maximum Gasteiger partial charge on any atom is 0.333 e. The normalized spacial score (nSPS) is 14.8. The molecule has 0 amide bonds. The minimum absolute atomic E-state index is 0.0762. The number of furan rings is 1. The van der Waals surface area contributed by atoms with Crippen molar-refractivity contribution in [2.75, 3.05) is 9.71 Å². The second-order valence-electron chi connectivity index (χ2n) is 15.3. The molecule has 8 aromatic carbocycles. The Labute approximate surface area is 313 Å². The van der Waals surface area contributed by atoms with Crippen LogP contribution in [0, 0.1) is 6.92 Å². The Balaban J connectivity index is 1.20. The number of para-hydroxylation sites is 4. The van der Waals surface area contributed by atoms with Crippen molar-refractivity contribution in [2.45, 2.75) is 12.3 Å². The zero-order valence-corrected chi connectivity index (χ0v) is 29.5. The maximum absolute atomic E-state index is 6.59. The van der Waals surface area contributed by atoms with Gasteiger partial charge in [-0.15, -0.1) is 0 Å². The van der Waals surface area contributed by atoms with Crippen molar-refractivity contribution < 1.29 is 4.42 Å². The number of hydrogen-bond acceptors (Lipinski definition) is 3. The summed E-state index contributed by atoms with van der Waals surface area (Å²) in [6, 6.07) is 63.3. The van der Waals surface area contributed by atoms with Gasteiger partial charge in [-0.2, -0.15) is 0 Å². The van der Waals surface area contributed by atoms with Crippen molar-refractivity contribution in [3.05, 3.63) is 198 Å². The van der Waals surface area contributed by atoms with E-state index in [9.17, 15) is 0 Å². The Bertz CT molecular complexity index is 3060. The molecule has 3 aliphatic heterocycles. The van der Waals surface area contributed by atoms with Crippen LogP contribution in [0.15, 0.2) is 174 Å². The van der Waals surface area contributed by atoms with Crippen LogP contribution in [0.4, 0.5) is 28.4 Å². The maximum atomic E-state index is 6.59. The zero-order valence-electron chi connectivity index (χ0n) is 29.5. The van der Waals surface area contributed by atoms with Gasteiger partial charge < -0.3 is 14.1 Å². The van der Waals surface area contributed by atoms with E-state index in [0.29, 0.717) is 0 Å². The van der Waals surface area contributed by atoms with E-state index in [0.717, 1.165) is 33.3 Å². The quantitative estimate of drug-likeness (QED) is 0.160. The van der Waals surface area contributed by atoms with Gasteiger partial charge >= 0.3 is 6.85 Å². The molecule has 0 N–H and O–H groups in total. The van der Waals surface area contributed by atoms with E-state index < -0.39 is 5.41 Å². The number of hydrogen-bond donors (Lipinski definition) is 0. The molecule has 4 aliphatic rings. The summed E-state index contributed by atoms with van der Waals surface area (Å²) in [5.41, 5.74) is 21.8. The fourth-order valence-electron chi connectivity index (χ4n) is 10.7. The summed E-state index contributed by atoms with van der Waals surface area (Å²) in [4.78, 5) is 5.19.